The van der Waals surface area contributed by atoms with Gasteiger partial charge < -0.3 is 5.11 Å². The Balaban J connectivity index is 2.51. The number of hydrogen-bond donors (Lipinski definition) is 3. The molecule has 2 rings (SSSR count). The Hall–Kier alpha value is -1.58. The van der Waals surface area contributed by atoms with Crippen LogP contribution >= 0.6 is 27.5 Å². The number of halogens is 2. The third-order valence-corrected chi connectivity index (χ3v) is 4.88. The van der Waals surface area contributed by atoms with Crippen LogP contribution in [-0.4, -0.2) is 29.7 Å². The van der Waals surface area contributed by atoms with Gasteiger partial charge in [0.05, 0.1) is 16.4 Å². The molecule has 7 nitrogen and oxygen atoms in total. The number of aromatic nitrogens is 2. The maximum absolute atomic E-state index is 12.4. The third kappa shape index (κ3) is 3.20. The number of rotatable bonds is 4. The van der Waals surface area contributed by atoms with Gasteiger partial charge in [0.25, 0.3) is 10.0 Å². The van der Waals surface area contributed by atoms with Crippen molar-refractivity contribution in [3.05, 3.63) is 39.1 Å². The topological polar surface area (TPSA) is 112 Å². The number of H-pyrrole nitrogens is 1. The Kier molecular flexibility index (Phi) is 4.26. The largest absolute Gasteiger partial charge is 0.476 e. The summed E-state index contributed by atoms with van der Waals surface area (Å²) in [6.07, 6.45) is 0. The first-order valence-electron chi connectivity index (χ1n) is 5.48. The first kappa shape index (κ1) is 15.8. The summed E-state index contributed by atoms with van der Waals surface area (Å²) < 4.78 is 27.6. The molecule has 0 saturated heterocycles. The van der Waals surface area contributed by atoms with Crippen LogP contribution in [0.5, 0.6) is 0 Å². The second-order valence-corrected chi connectivity index (χ2v) is 7.00. The summed E-state index contributed by atoms with van der Waals surface area (Å²) in [6, 6.07) is 4.62. The van der Waals surface area contributed by atoms with Crippen LogP contribution in [0.4, 0.5) is 5.69 Å². The first-order valence-corrected chi connectivity index (χ1v) is 8.14. The molecule has 0 aliphatic heterocycles. The Bertz CT molecular complexity index is 819. The molecule has 2 aromatic rings. The summed E-state index contributed by atoms with van der Waals surface area (Å²) in [7, 11) is -4.15. The number of carboxylic acid groups (broad SMARTS) is 1. The maximum atomic E-state index is 12.4. The Morgan fingerprint density at radius 3 is 2.76 bits per heavy atom. The second-order valence-electron chi connectivity index (χ2n) is 4.06. The number of aromatic carboxylic acids is 1. The van der Waals surface area contributed by atoms with Gasteiger partial charge in [0.1, 0.15) is 4.90 Å². The number of sulfonamides is 1. The lowest BCUT2D eigenvalue weighted by Crippen LogP contribution is -2.17. The summed E-state index contributed by atoms with van der Waals surface area (Å²) in [6.45, 7) is 1.41. The van der Waals surface area contributed by atoms with Gasteiger partial charge in [-0.3, -0.25) is 9.82 Å². The molecule has 1 aromatic carbocycles. The number of aromatic amines is 1. The van der Waals surface area contributed by atoms with Gasteiger partial charge in [-0.25, -0.2) is 13.2 Å². The minimum atomic E-state index is -4.15. The van der Waals surface area contributed by atoms with Crippen molar-refractivity contribution in [1.82, 2.24) is 10.2 Å². The lowest BCUT2D eigenvalue weighted by atomic mass is 10.3. The van der Waals surface area contributed by atoms with Crippen LogP contribution in [0, 0.1) is 6.92 Å². The highest BCUT2D eigenvalue weighted by Crippen LogP contribution is 2.29. The van der Waals surface area contributed by atoms with Crippen LogP contribution < -0.4 is 4.72 Å². The molecule has 0 aliphatic carbocycles. The molecule has 0 fully saturated rings. The number of carboxylic acids is 1. The maximum Gasteiger partial charge on any atom is 0.357 e. The van der Waals surface area contributed by atoms with Crippen molar-refractivity contribution < 1.29 is 18.3 Å². The van der Waals surface area contributed by atoms with Crippen LogP contribution in [0.2, 0.25) is 5.02 Å². The summed E-state index contributed by atoms with van der Waals surface area (Å²) in [4.78, 5) is 10.6. The van der Waals surface area contributed by atoms with Gasteiger partial charge in [0.2, 0.25) is 0 Å². The quantitative estimate of drug-likeness (QED) is 0.738. The van der Waals surface area contributed by atoms with Crippen LogP contribution in [0.15, 0.2) is 27.6 Å². The summed E-state index contributed by atoms with van der Waals surface area (Å²) in [5, 5.41) is 15.0. The Morgan fingerprint density at radius 2 is 2.14 bits per heavy atom. The minimum absolute atomic E-state index is 0.117. The number of carbonyl (C=O) groups is 1. The fourth-order valence-electron chi connectivity index (χ4n) is 1.66. The van der Waals surface area contributed by atoms with E-state index in [0.29, 0.717) is 4.47 Å². The molecule has 0 atom stereocenters. The zero-order valence-electron chi connectivity index (χ0n) is 10.5. The van der Waals surface area contributed by atoms with E-state index in [-0.39, 0.29) is 16.4 Å². The number of nitrogens with one attached hydrogen (secondary N) is 2. The summed E-state index contributed by atoms with van der Waals surface area (Å²) in [5.41, 5.74) is -0.333. The van der Waals surface area contributed by atoms with Gasteiger partial charge in [-0.2, -0.15) is 5.10 Å². The van der Waals surface area contributed by atoms with E-state index in [1.54, 1.807) is 6.07 Å². The molecule has 1 heterocycles. The fraction of sp³-hybridized carbons (Fsp3) is 0.0909. The van der Waals surface area contributed by atoms with Crippen molar-refractivity contribution in [1.29, 1.82) is 0 Å². The zero-order chi connectivity index (χ0) is 15.8. The third-order valence-electron chi connectivity index (χ3n) is 2.54. The van der Waals surface area contributed by atoms with Gasteiger partial charge in [0.15, 0.2) is 5.69 Å². The number of benzene rings is 1. The van der Waals surface area contributed by atoms with Crippen LogP contribution in [0.25, 0.3) is 0 Å². The summed E-state index contributed by atoms with van der Waals surface area (Å²) >= 11 is 9.12. The van der Waals surface area contributed by atoms with Gasteiger partial charge in [0, 0.05) is 4.47 Å². The summed E-state index contributed by atoms with van der Waals surface area (Å²) in [5.74, 6) is -1.44. The van der Waals surface area contributed by atoms with Crippen molar-refractivity contribution >= 4 is 49.2 Å². The van der Waals surface area contributed by atoms with E-state index in [1.807, 2.05) is 0 Å². The molecule has 21 heavy (non-hydrogen) atoms. The highest BCUT2D eigenvalue weighted by molar-refractivity contribution is 9.10. The zero-order valence-corrected chi connectivity index (χ0v) is 13.7. The predicted molar refractivity (Wildman–Crippen MR) is 80.2 cm³/mol. The van der Waals surface area contributed by atoms with Gasteiger partial charge in [-0.1, -0.05) is 27.5 Å². The van der Waals surface area contributed by atoms with Gasteiger partial charge in [-0.15, -0.1) is 0 Å². The molecule has 0 radical (unpaired) electrons. The molecule has 3 N–H and O–H groups in total. The molecule has 0 unspecified atom stereocenters. The van der Waals surface area contributed by atoms with E-state index in [4.69, 9.17) is 16.7 Å². The smallest absolute Gasteiger partial charge is 0.357 e. The molecule has 0 amide bonds. The second kappa shape index (κ2) is 5.66. The molecular formula is C11H9BrClN3O4S. The number of aryl methyl sites for hydroxylation is 1. The molecular weight excluding hydrogens is 386 g/mol. The van der Waals surface area contributed by atoms with Crippen molar-refractivity contribution in [2.45, 2.75) is 11.8 Å². The average Bonchev–Trinajstić information content (AvgIpc) is 2.76. The predicted octanol–water partition coefficient (Wildman–Crippen LogP) is 2.63. The van der Waals surface area contributed by atoms with E-state index in [2.05, 4.69) is 30.8 Å². The van der Waals surface area contributed by atoms with Crippen molar-refractivity contribution in [2.75, 3.05) is 4.72 Å². The fourth-order valence-corrected chi connectivity index (χ4v) is 3.64. The van der Waals surface area contributed by atoms with Crippen LogP contribution in [0.3, 0.4) is 0 Å². The van der Waals surface area contributed by atoms with Crippen LogP contribution in [0.1, 0.15) is 16.2 Å². The highest BCUT2D eigenvalue weighted by atomic mass is 79.9. The van der Waals surface area contributed by atoms with E-state index < -0.39 is 26.6 Å². The van der Waals surface area contributed by atoms with Crippen LogP contribution in [-0.2, 0) is 10.0 Å². The molecule has 10 heteroatoms. The molecule has 0 bridgehead atoms. The first-order chi connectivity index (χ1) is 9.72. The van der Waals surface area contributed by atoms with Gasteiger partial charge >= 0.3 is 5.97 Å². The van der Waals surface area contributed by atoms with Crippen molar-refractivity contribution in [2.24, 2.45) is 0 Å². The Morgan fingerprint density at radius 1 is 1.48 bits per heavy atom. The van der Waals surface area contributed by atoms with E-state index in [0.717, 1.165) is 0 Å². The SMILES string of the molecule is Cc1[nH]nc(C(=O)O)c1S(=O)(=O)Nc1cc(Br)ccc1Cl. The standard InChI is InChI=1S/C11H9BrClN3O4S/c1-5-10(9(11(17)18)15-14-5)21(19,20)16-8-4-6(12)2-3-7(8)13/h2-4,16H,1H3,(H,14,15)(H,17,18). The molecule has 0 aliphatic rings. The lowest BCUT2D eigenvalue weighted by molar-refractivity contribution is 0.0686. The molecule has 1 aromatic heterocycles. The normalized spacial score (nSPS) is 11.4. The van der Waals surface area contributed by atoms with Crippen molar-refractivity contribution in [3.8, 4) is 0 Å². The molecule has 0 saturated carbocycles. The number of hydrogen-bond acceptors (Lipinski definition) is 4. The van der Waals surface area contributed by atoms with Gasteiger partial charge in [-0.05, 0) is 25.1 Å². The minimum Gasteiger partial charge on any atom is -0.476 e. The monoisotopic (exact) mass is 393 g/mol. The molecule has 0 spiro atoms. The number of anilines is 1. The highest BCUT2D eigenvalue weighted by Gasteiger charge is 2.28. The van der Waals surface area contributed by atoms with E-state index in [9.17, 15) is 13.2 Å². The van der Waals surface area contributed by atoms with E-state index >= 15 is 0 Å². The number of nitrogens with zero attached hydrogens (tertiary/aromatic N) is 1. The Labute approximate surface area is 133 Å². The lowest BCUT2D eigenvalue weighted by Gasteiger charge is -2.10. The molecule has 112 valence electrons. The average molecular weight is 395 g/mol. The van der Waals surface area contributed by atoms with E-state index in [1.165, 1.54) is 19.1 Å². The van der Waals surface area contributed by atoms with Crippen molar-refractivity contribution in [3.63, 3.8) is 0 Å².